The summed E-state index contributed by atoms with van der Waals surface area (Å²) in [6, 6.07) is 10.3. The van der Waals surface area contributed by atoms with E-state index in [4.69, 9.17) is 9.15 Å². The van der Waals surface area contributed by atoms with Gasteiger partial charge in [0.05, 0.1) is 6.26 Å². The Bertz CT molecular complexity index is 745. The average Bonchev–Trinajstić information content (AvgIpc) is 3.10. The maximum absolute atomic E-state index is 12.2. The molecular weight excluding hydrogens is 396 g/mol. The molecular formula is C20H25BrN2O3. The first-order chi connectivity index (χ1) is 12.3. The number of hydrogen-bond donors (Lipinski definition) is 1. The van der Waals surface area contributed by atoms with Crippen molar-refractivity contribution < 1.29 is 13.9 Å². The average molecular weight is 421 g/mol. The van der Waals surface area contributed by atoms with E-state index in [-0.39, 0.29) is 6.09 Å². The van der Waals surface area contributed by atoms with Crippen LogP contribution in [0.5, 0.6) is 0 Å². The quantitative estimate of drug-likeness (QED) is 0.709. The number of ether oxygens (including phenoxy) is 1. The summed E-state index contributed by atoms with van der Waals surface area (Å²) in [5, 5.41) is 3.61. The minimum Gasteiger partial charge on any atom is -0.464 e. The maximum atomic E-state index is 12.2. The Labute approximate surface area is 162 Å². The Morgan fingerprint density at radius 1 is 1.27 bits per heavy atom. The van der Waals surface area contributed by atoms with Gasteiger partial charge >= 0.3 is 6.09 Å². The number of nitrogens with zero attached hydrogens (tertiary/aromatic N) is 1. The second-order valence-corrected chi connectivity index (χ2v) is 8.47. The van der Waals surface area contributed by atoms with Gasteiger partial charge in [0.25, 0.3) is 0 Å². The number of benzene rings is 1. The predicted molar refractivity (Wildman–Crippen MR) is 106 cm³/mol. The SMILES string of the molecule is CC(C)(C)OC(=O)N1CCC(Nc2ccc(Br)cc2-c2ccco2)CC1. The molecule has 1 aliphatic rings. The van der Waals surface area contributed by atoms with Gasteiger partial charge in [0.2, 0.25) is 0 Å². The number of rotatable bonds is 3. The molecule has 1 fully saturated rings. The van der Waals surface area contributed by atoms with Crippen LogP contribution in [-0.4, -0.2) is 35.7 Å². The van der Waals surface area contributed by atoms with Crippen molar-refractivity contribution in [2.45, 2.75) is 45.3 Å². The van der Waals surface area contributed by atoms with Crippen LogP contribution >= 0.6 is 15.9 Å². The number of anilines is 1. The van der Waals surface area contributed by atoms with Crippen molar-refractivity contribution in [3.8, 4) is 11.3 Å². The van der Waals surface area contributed by atoms with E-state index in [2.05, 4.69) is 33.4 Å². The number of amides is 1. The summed E-state index contributed by atoms with van der Waals surface area (Å²) >= 11 is 3.53. The third kappa shape index (κ3) is 4.81. The van der Waals surface area contributed by atoms with Crippen molar-refractivity contribution in [1.82, 2.24) is 4.90 Å². The maximum Gasteiger partial charge on any atom is 0.410 e. The Morgan fingerprint density at radius 2 is 2.00 bits per heavy atom. The number of carbonyl (C=O) groups is 1. The Balaban J connectivity index is 1.63. The van der Waals surface area contributed by atoms with Gasteiger partial charge in [0.15, 0.2) is 0 Å². The van der Waals surface area contributed by atoms with Gasteiger partial charge in [0.1, 0.15) is 11.4 Å². The number of hydrogen-bond acceptors (Lipinski definition) is 4. The molecule has 1 amide bonds. The molecule has 0 bridgehead atoms. The Hall–Kier alpha value is -1.95. The molecule has 0 unspecified atom stereocenters. The summed E-state index contributed by atoms with van der Waals surface area (Å²) in [7, 11) is 0. The molecule has 1 aromatic heterocycles. The van der Waals surface area contributed by atoms with Gasteiger partial charge in [-0.3, -0.25) is 0 Å². The zero-order valence-corrected chi connectivity index (χ0v) is 17.0. The van der Waals surface area contributed by atoms with E-state index in [9.17, 15) is 4.79 Å². The first-order valence-electron chi connectivity index (χ1n) is 8.90. The van der Waals surface area contributed by atoms with Crippen molar-refractivity contribution in [3.63, 3.8) is 0 Å². The minimum atomic E-state index is -0.457. The van der Waals surface area contributed by atoms with Gasteiger partial charge in [-0.15, -0.1) is 0 Å². The van der Waals surface area contributed by atoms with Crippen molar-refractivity contribution in [3.05, 3.63) is 41.1 Å². The van der Waals surface area contributed by atoms with Crippen LogP contribution in [0.4, 0.5) is 10.5 Å². The predicted octanol–water partition coefficient (Wildman–Crippen LogP) is 5.52. The van der Waals surface area contributed by atoms with Gasteiger partial charge in [-0.1, -0.05) is 15.9 Å². The molecule has 0 aliphatic carbocycles. The number of halogens is 1. The van der Waals surface area contributed by atoms with Gasteiger partial charge in [-0.2, -0.15) is 0 Å². The van der Waals surface area contributed by atoms with E-state index in [1.165, 1.54) is 0 Å². The molecule has 2 aromatic rings. The molecule has 1 aliphatic heterocycles. The lowest BCUT2D eigenvalue weighted by molar-refractivity contribution is 0.0210. The number of furan rings is 1. The van der Waals surface area contributed by atoms with Crippen molar-refractivity contribution in [2.24, 2.45) is 0 Å². The number of likely N-dealkylation sites (tertiary alicyclic amines) is 1. The standard InChI is InChI=1S/C20H25BrN2O3/c1-20(2,3)26-19(24)23-10-8-15(9-11-23)22-17-7-6-14(21)13-16(17)18-5-4-12-25-18/h4-7,12-13,15,22H,8-11H2,1-3H3. The fourth-order valence-corrected chi connectivity index (χ4v) is 3.39. The van der Waals surface area contributed by atoms with Crippen LogP contribution in [0.2, 0.25) is 0 Å². The van der Waals surface area contributed by atoms with Crippen molar-refractivity contribution >= 4 is 27.7 Å². The molecule has 0 spiro atoms. The zero-order valence-electron chi connectivity index (χ0n) is 15.4. The third-order valence-corrected chi connectivity index (χ3v) is 4.77. The zero-order chi connectivity index (χ0) is 18.7. The molecule has 0 radical (unpaired) electrons. The summed E-state index contributed by atoms with van der Waals surface area (Å²) in [5.41, 5.74) is 1.61. The first kappa shape index (κ1) is 18.8. The lowest BCUT2D eigenvalue weighted by Crippen LogP contribution is -2.44. The first-order valence-corrected chi connectivity index (χ1v) is 9.69. The molecule has 3 rings (SSSR count). The van der Waals surface area contributed by atoms with Crippen LogP contribution in [0.15, 0.2) is 45.5 Å². The molecule has 0 atom stereocenters. The number of nitrogens with one attached hydrogen (secondary N) is 1. The van der Waals surface area contributed by atoms with Gasteiger partial charge in [0, 0.05) is 34.9 Å². The lowest BCUT2D eigenvalue weighted by Gasteiger charge is -2.34. The minimum absolute atomic E-state index is 0.226. The Kier molecular flexibility index (Phi) is 5.61. The molecule has 2 heterocycles. The van der Waals surface area contributed by atoms with E-state index < -0.39 is 5.60 Å². The van der Waals surface area contributed by atoms with E-state index >= 15 is 0 Å². The van der Waals surface area contributed by atoms with Crippen molar-refractivity contribution in [1.29, 1.82) is 0 Å². The fourth-order valence-electron chi connectivity index (χ4n) is 3.03. The monoisotopic (exact) mass is 420 g/mol. The molecule has 0 saturated carbocycles. The van der Waals surface area contributed by atoms with Gasteiger partial charge in [-0.05, 0) is 63.9 Å². The number of piperidine rings is 1. The molecule has 1 aromatic carbocycles. The Morgan fingerprint density at radius 3 is 2.62 bits per heavy atom. The highest BCUT2D eigenvalue weighted by atomic mass is 79.9. The van der Waals surface area contributed by atoms with Crippen LogP contribution in [0.3, 0.4) is 0 Å². The highest BCUT2D eigenvalue weighted by Crippen LogP contribution is 2.32. The van der Waals surface area contributed by atoms with Crippen LogP contribution in [0.1, 0.15) is 33.6 Å². The van der Waals surface area contributed by atoms with Crippen LogP contribution in [0, 0.1) is 0 Å². The van der Waals surface area contributed by atoms with E-state index in [1.54, 1.807) is 11.2 Å². The highest BCUT2D eigenvalue weighted by molar-refractivity contribution is 9.10. The summed E-state index contributed by atoms with van der Waals surface area (Å²) in [4.78, 5) is 14.0. The molecule has 26 heavy (non-hydrogen) atoms. The van der Waals surface area contributed by atoms with Crippen LogP contribution < -0.4 is 5.32 Å². The van der Waals surface area contributed by atoms with E-state index in [0.717, 1.165) is 34.3 Å². The summed E-state index contributed by atoms with van der Waals surface area (Å²) in [5.74, 6) is 0.833. The molecule has 1 N–H and O–H groups in total. The summed E-state index contributed by atoms with van der Waals surface area (Å²) in [6.07, 6.45) is 3.22. The van der Waals surface area contributed by atoms with Gasteiger partial charge in [-0.25, -0.2) is 4.79 Å². The summed E-state index contributed by atoms with van der Waals surface area (Å²) in [6.45, 7) is 7.06. The molecule has 140 valence electrons. The largest absolute Gasteiger partial charge is 0.464 e. The molecule has 5 nitrogen and oxygen atoms in total. The molecule has 6 heteroatoms. The third-order valence-electron chi connectivity index (χ3n) is 4.27. The van der Waals surface area contributed by atoms with Crippen LogP contribution in [-0.2, 0) is 4.74 Å². The van der Waals surface area contributed by atoms with E-state index in [0.29, 0.717) is 19.1 Å². The topological polar surface area (TPSA) is 54.7 Å². The molecule has 1 saturated heterocycles. The second kappa shape index (κ2) is 7.74. The van der Waals surface area contributed by atoms with Crippen molar-refractivity contribution in [2.75, 3.05) is 18.4 Å². The second-order valence-electron chi connectivity index (χ2n) is 7.55. The fraction of sp³-hybridized carbons (Fsp3) is 0.450. The highest BCUT2D eigenvalue weighted by Gasteiger charge is 2.27. The number of carbonyl (C=O) groups excluding carboxylic acids is 1. The van der Waals surface area contributed by atoms with Gasteiger partial charge < -0.3 is 19.4 Å². The normalized spacial score (nSPS) is 15.8. The summed E-state index contributed by atoms with van der Waals surface area (Å²) < 4.78 is 12.0. The smallest absolute Gasteiger partial charge is 0.410 e. The lowest BCUT2D eigenvalue weighted by atomic mass is 10.0. The van der Waals surface area contributed by atoms with Crippen LogP contribution in [0.25, 0.3) is 11.3 Å². The van der Waals surface area contributed by atoms with E-state index in [1.807, 2.05) is 39.0 Å².